The van der Waals surface area contributed by atoms with Gasteiger partial charge in [-0.2, -0.15) is 0 Å². The zero-order valence-electron chi connectivity index (χ0n) is 17.4. The van der Waals surface area contributed by atoms with Crippen LogP contribution in [0.4, 0.5) is 9.52 Å². The smallest absolute Gasteiger partial charge is 0.191 e. The molecule has 1 aliphatic rings. The van der Waals surface area contributed by atoms with E-state index in [1.54, 1.807) is 30.5 Å². The van der Waals surface area contributed by atoms with Gasteiger partial charge in [-0.3, -0.25) is 4.99 Å². The minimum absolute atomic E-state index is 0. The molecule has 0 aliphatic carbocycles. The van der Waals surface area contributed by atoms with Crippen molar-refractivity contribution >= 4 is 46.4 Å². The zero-order chi connectivity index (χ0) is 20.0. The van der Waals surface area contributed by atoms with Crippen LogP contribution < -0.4 is 15.5 Å². The molecule has 5 nitrogen and oxygen atoms in total. The van der Waals surface area contributed by atoms with Crippen LogP contribution in [-0.4, -0.2) is 44.2 Å². The SMILES string of the molecule is CN=C(NCCc1csc(N2CCCC2)n1)NCC(C)(C)c1cccc(F)c1.I. The Morgan fingerprint density at radius 3 is 2.72 bits per heavy atom. The molecule has 0 radical (unpaired) electrons. The molecule has 2 heterocycles. The number of aliphatic imine (C=N–C) groups is 1. The number of halogens is 2. The summed E-state index contributed by atoms with van der Waals surface area (Å²) in [4.78, 5) is 11.4. The molecule has 1 fully saturated rings. The average molecular weight is 531 g/mol. The Kier molecular flexibility index (Phi) is 9.13. The number of hydrogen-bond acceptors (Lipinski definition) is 4. The molecule has 0 bridgehead atoms. The Balaban J connectivity index is 0.00000300. The third-order valence-electron chi connectivity index (χ3n) is 5.12. The summed E-state index contributed by atoms with van der Waals surface area (Å²) in [6.07, 6.45) is 3.40. The molecule has 1 aromatic heterocycles. The maximum Gasteiger partial charge on any atom is 0.191 e. The molecule has 0 saturated carbocycles. The predicted molar refractivity (Wildman–Crippen MR) is 131 cm³/mol. The van der Waals surface area contributed by atoms with E-state index < -0.39 is 0 Å². The largest absolute Gasteiger partial charge is 0.356 e. The molecule has 0 spiro atoms. The number of hydrogen-bond donors (Lipinski definition) is 2. The summed E-state index contributed by atoms with van der Waals surface area (Å²) >= 11 is 1.73. The normalized spacial score (nSPS) is 14.6. The molecule has 2 aromatic rings. The van der Waals surface area contributed by atoms with Gasteiger partial charge < -0.3 is 15.5 Å². The van der Waals surface area contributed by atoms with Crippen LogP contribution in [0.2, 0.25) is 0 Å². The van der Waals surface area contributed by atoms with Crippen LogP contribution in [0.1, 0.15) is 37.9 Å². The van der Waals surface area contributed by atoms with E-state index >= 15 is 0 Å². The molecule has 2 N–H and O–H groups in total. The van der Waals surface area contributed by atoms with Gasteiger partial charge in [0.2, 0.25) is 0 Å². The van der Waals surface area contributed by atoms with E-state index in [4.69, 9.17) is 4.98 Å². The molecule has 8 heteroatoms. The highest BCUT2D eigenvalue weighted by Crippen LogP contribution is 2.24. The van der Waals surface area contributed by atoms with Crippen LogP contribution in [0.15, 0.2) is 34.6 Å². The number of guanidine groups is 1. The Hall–Kier alpha value is -1.42. The fourth-order valence-corrected chi connectivity index (χ4v) is 4.22. The minimum atomic E-state index is -0.209. The van der Waals surface area contributed by atoms with E-state index in [9.17, 15) is 4.39 Å². The first-order chi connectivity index (χ1) is 13.5. The van der Waals surface area contributed by atoms with Crippen molar-refractivity contribution in [2.75, 3.05) is 38.1 Å². The number of thiazole rings is 1. The summed E-state index contributed by atoms with van der Waals surface area (Å²) < 4.78 is 13.5. The van der Waals surface area contributed by atoms with E-state index in [1.807, 2.05) is 6.07 Å². The number of anilines is 1. The van der Waals surface area contributed by atoms with Crippen molar-refractivity contribution in [2.45, 2.75) is 38.5 Å². The van der Waals surface area contributed by atoms with Gasteiger partial charge in [-0.05, 0) is 30.5 Å². The Labute approximate surface area is 194 Å². The monoisotopic (exact) mass is 531 g/mol. The lowest BCUT2D eigenvalue weighted by Crippen LogP contribution is -2.44. The third-order valence-corrected chi connectivity index (χ3v) is 6.07. The van der Waals surface area contributed by atoms with Gasteiger partial charge in [0.05, 0.1) is 5.69 Å². The van der Waals surface area contributed by atoms with E-state index in [0.717, 1.165) is 48.4 Å². The summed E-state index contributed by atoms with van der Waals surface area (Å²) in [5.41, 5.74) is 1.88. The van der Waals surface area contributed by atoms with Gasteiger partial charge >= 0.3 is 0 Å². The molecule has 29 heavy (non-hydrogen) atoms. The Morgan fingerprint density at radius 1 is 1.28 bits per heavy atom. The zero-order valence-corrected chi connectivity index (χ0v) is 20.5. The number of nitrogens with zero attached hydrogens (tertiary/aromatic N) is 3. The summed E-state index contributed by atoms with van der Waals surface area (Å²) in [6, 6.07) is 6.78. The molecule has 1 saturated heterocycles. The lowest BCUT2D eigenvalue weighted by atomic mass is 9.84. The highest BCUT2D eigenvalue weighted by molar-refractivity contribution is 14.0. The molecule has 1 aliphatic heterocycles. The van der Waals surface area contributed by atoms with Crippen LogP contribution in [0.3, 0.4) is 0 Å². The first kappa shape index (κ1) is 23.9. The van der Waals surface area contributed by atoms with Gasteiger partial charge in [0.25, 0.3) is 0 Å². The maximum atomic E-state index is 13.5. The van der Waals surface area contributed by atoms with Gasteiger partial charge in [0.1, 0.15) is 5.82 Å². The molecule has 160 valence electrons. The summed E-state index contributed by atoms with van der Waals surface area (Å²) in [5, 5.41) is 10.00. The Bertz CT molecular complexity index is 802. The number of aromatic nitrogens is 1. The Morgan fingerprint density at radius 2 is 2.03 bits per heavy atom. The standard InChI is InChI=1S/C21H30FN5S.HI/c1-21(2,16-7-6-8-17(22)13-16)15-25-19(23-3)24-10-9-18-14-28-20(26-18)27-11-4-5-12-27;/h6-8,13-14H,4-5,9-12,15H2,1-3H3,(H2,23,24,25);1H. The highest BCUT2D eigenvalue weighted by Gasteiger charge is 2.21. The van der Waals surface area contributed by atoms with Crippen LogP contribution >= 0.6 is 35.3 Å². The summed E-state index contributed by atoms with van der Waals surface area (Å²) in [7, 11) is 1.76. The average Bonchev–Trinajstić information content (AvgIpc) is 3.36. The number of benzene rings is 1. The third kappa shape index (κ3) is 6.80. The van der Waals surface area contributed by atoms with Crippen LogP contribution in [0.5, 0.6) is 0 Å². The molecule has 1 aromatic carbocycles. The number of nitrogens with one attached hydrogen (secondary N) is 2. The van der Waals surface area contributed by atoms with Crippen molar-refractivity contribution in [2.24, 2.45) is 4.99 Å². The second kappa shape index (κ2) is 11.1. The first-order valence-electron chi connectivity index (χ1n) is 9.88. The lowest BCUT2D eigenvalue weighted by Gasteiger charge is -2.26. The first-order valence-corrected chi connectivity index (χ1v) is 10.8. The summed E-state index contributed by atoms with van der Waals surface area (Å²) in [5.74, 6) is 0.545. The van der Waals surface area contributed by atoms with Crippen molar-refractivity contribution in [1.29, 1.82) is 0 Å². The predicted octanol–water partition coefficient (Wildman–Crippen LogP) is 4.19. The van der Waals surface area contributed by atoms with Crippen molar-refractivity contribution < 1.29 is 4.39 Å². The molecule has 0 atom stereocenters. The van der Waals surface area contributed by atoms with Crippen molar-refractivity contribution in [1.82, 2.24) is 15.6 Å². The van der Waals surface area contributed by atoms with E-state index in [-0.39, 0.29) is 35.2 Å². The fraction of sp³-hybridized carbons (Fsp3) is 0.524. The molecule has 0 amide bonds. The van der Waals surface area contributed by atoms with Crippen molar-refractivity contribution in [3.8, 4) is 0 Å². The molecular formula is C21H31FIN5S. The van der Waals surface area contributed by atoms with E-state index in [1.165, 1.54) is 18.9 Å². The van der Waals surface area contributed by atoms with Crippen molar-refractivity contribution in [3.63, 3.8) is 0 Å². The number of rotatable bonds is 7. The van der Waals surface area contributed by atoms with Crippen LogP contribution in [0, 0.1) is 5.82 Å². The quantitative estimate of drug-likeness (QED) is 0.320. The van der Waals surface area contributed by atoms with E-state index in [0.29, 0.717) is 6.54 Å². The second-order valence-electron chi connectivity index (χ2n) is 7.81. The van der Waals surface area contributed by atoms with Gasteiger partial charge in [0, 0.05) is 50.4 Å². The highest BCUT2D eigenvalue weighted by atomic mass is 127. The van der Waals surface area contributed by atoms with Crippen LogP contribution in [-0.2, 0) is 11.8 Å². The molecular weight excluding hydrogens is 500 g/mol. The summed E-state index contributed by atoms with van der Waals surface area (Å²) in [6.45, 7) is 7.87. The van der Waals surface area contributed by atoms with Crippen molar-refractivity contribution in [3.05, 3.63) is 46.7 Å². The molecule has 3 rings (SSSR count). The minimum Gasteiger partial charge on any atom is -0.356 e. The van der Waals surface area contributed by atoms with Crippen LogP contribution in [0.25, 0.3) is 0 Å². The van der Waals surface area contributed by atoms with E-state index in [2.05, 4.69) is 39.8 Å². The van der Waals surface area contributed by atoms with Gasteiger partial charge in [-0.15, -0.1) is 35.3 Å². The van der Waals surface area contributed by atoms with Gasteiger partial charge in [0.15, 0.2) is 11.1 Å². The topological polar surface area (TPSA) is 52.6 Å². The fourth-order valence-electron chi connectivity index (χ4n) is 3.31. The molecule has 0 unspecified atom stereocenters. The lowest BCUT2D eigenvalue weighted by molar-refractivity contribution is 0.503. The second-order valence-corrected chi connectivity index (χ2v) is 8.65. The maximum absolute atomic E-state index is 13.5. The van der Waals surface area contributed by atoms with Gasteiger partial charge in [-0.25, -0.2) is 9.37 Å². The van der Waals surface area contributed by atoms with Gasteiger partial charge in [-0.1, -0.05) is 26.0 Å².